The SMILES string of the molecule is CC(=O)OC1C(CSC(C)=O)OC(SC(C)=O)C(OC(C)=O)C1OC(C)=O. The highest BCUT2D eigenvalue weighted by Crippen LogP contribution is 2.35. The lowest BCUT2D eigenvalue weighted by Crippen LogP contribution is -2.61. The van der Waals surface area contributed by atoms with Crippen LogP contribution >= 0.6 is 23.5 Å². The quantitative estimate of drug-likeness (QED) is 0.451. The van der Waals surface area contributed by atoms with Crippen molar-refractivity contribution in [2.24, 2.45) is 0 Å². The summed E-state index contributed by atoms with van der Waals surface area (Å²) in [4.78, 5) is 57.6. The molecule has 0 aromatic carbocycles. The van der Waals surface area contributed by atoms with Crippen LogP contribution in [0, 0.1) is 0 Å². The Bertz CT molecular complexity index is 607. The maximum atomic E-state index is 11.6. The van der Waals surface area contributed by atoms with Gasteiger partial charge in [-0.05, 0) is 0 Å². The summed E-state index contributed by atoms with van der Waals surface area (Å²) in [7, 11) is 0. The van der Waals surface area contributed by atoms with Crippen LogP contribution in [0.25, 0.3) is 0 Å². The Morgan fingerprint density at radius 2 is 1.22 bits per heavy atom. The Kier molecular flexibility index (Phi) is 9.27. The van der Waals surface area contributed by atoms with E-state index in [1.807, 2.05) is 0 Å². The normalized spacial score (nSPS) is 27.4. The number of ether oxygens (including phenoxy) is 4. The van der Waals surface area contributed by atoms with E-state index in [-0.39, 0.29) is 16.0 Å². The van der Waals surface area contributed by atoms with Gasteiger partial charge in [-0.15, -0.1) is 0 Å². The van der Waals surface area contributed by atoms with Crippen molar-refractivity contribution in [3.8, 4) is 0 Å². The van der Waals surface area contributed by atoms with Crippen LogP contribution in [0.1, 0.15) is 34.6 Å². The third kappa shape index (κ3) is 7.89. The second kappa shape index (κ2) is 10.7. The molecule has 0 amide bonds. The molecule has 0 bridgehead atoms. The van der Waals surface area contributed by atoms with Gasteiger partial charge in [0, 0.05) is 40.4 Å². The van der Waals surface area contributed by atoms with Crippen molar-refractivity contribution < 1.29 is 42.9 Å². The Morgan fingerprint density at radius 3 is 1.67 bits per heavy atom. The van der Waals surface area contributed by atoms with Crippen LogP contribution in [0.2, 0.25) is 0 Å². The van der Waals surface area contributed by atoms with Gasteiger partial charge in [-0.2, -0.15) is 0 Å². The largest absolute Gasteiger partial charge is 0.456 e. The van der Waals surface area contributed by atoms with Crippen LogP contribution in [0.3, 0.4) is 0 Å². The summed E-state index contributed by atoms with van der Waals surface area (Å²) in [6, 6.07) is 0. The van der Waals surface area contributed by atoms with Crippen molar-refractivity contribution in [2.45, 2.75) is 64.5 Å². The number of hydrogen-bond donors (Lipinski definition) is 0. The minimum absolute atomic E-state index is 0.0901. The van der Waals surface area contributed by atoms with E-state index in [1.54, 1.807) is 0 Å². The highest BCUT2D eigenvalue weighted by Gasteiger charge is 2.52. The van der Waals surface area contributed by atoms with Gasteiger partial charge in [0.15, 0.2) is 34.0 Å². The molecule has 1 aliphatic heterocycles. The van der Waals surface area contributed by atoms with Gasteiger partial charge < -0.3 is 18.9 Å². The molecule has 11 heteroatoms. The van der Waals surface area contributed by atoms with Gasteiger partial charge in [0.05, 0.1) is 0 Å². The molecule has 0 spiro atoms. The van der Waals surface area contributed by atoms with E-state index in [1.165, 1.54) is 13.8 Å². The average molecular weight is 422 g/mol. The van der Waals surface area contributed by atoms with E-state index in [4.69, 9.17) is 18.9 Å². The summed E-state index contributed by atoms with van der Waals surface area (Å²) in [5.41, 5.74) is -1.000. The first-order valence-electron chi connectivity index (χ1n) is 7.99. The summed E-state index contributed by atoms with van der Waals surface area (Å²) in [6.45, 7) is 6.13. The van der Waals surface area contributed by atoms with Crippen LogP contribution in [-0.4, -0.2) is 63.7 Å². The van der Waals surface area contributed by atoms with Crippen molar-refractivity contribution in [1.82, 2.24) is 0 Å². The van der Waals surface area contributed by atoms with Gasteiger partial charge in [-0.25, -0.2) is 0 Å². The van der Waals surface area contributed by atoms with Crippen LogP contribution in [0.15, 0.2) is 0 Å². The average Bonchev–Trinajstić information content (AvgIpc) is 2.49. The Hall–Kier alpha value is -1.59. The number of rotatable bonds is 6. The van der Waals surface area contributed by atoms with Crippen LogP contribution in [0.5, 0.6) is 0 Å². The second-order valence-corrected chi connectivity index (χ2v) is 8.15. The maximum Gasteiger partial charge on any atom is 0.303 e. The Morgan fingerprint density at radius 1 is 0.741 bits per heavy atom. The van der Waals surface area contributed by atoms with Gasteiger partial charge in [0.2, 0.25) is 0 Å². The maximum absolute atomic E-state index is 11.6. The highest BCUT2D eigenvalue weighted by atomic mass is 32.2. The molecule has 27 heavy (non-hydrogen) atoms. The molecule has 5 unspecified atom stereocenters. The lowest BCUT2D eigenvalue weighted by Gasteiger charge is -2.44. The zero-order valence-corrected chi connectivity index (χ0v) is 17.2. The molecule has 9 nitrogen and oxygen atoms in total. The fraction of sp³-hybridized carbons (Fsp3) is 0.688. The molecule has 1 heterocycles. The molecule has 1 saturated heterocycles. The number of carbonyl (C=O) groups excluding carboxylic acids is 5. The monoisotopic (exact) mass is 422 g/mol. The van der Waals surface area contributed by atoms with E-state index < -0.39 is 47.8 Å². The molecule has 0 aromatic rings. The molecule has 0 aliphatic carbocycles. The van der Waals surface area contributed by atoms with Gasteiger partial charge in [-0.3, -0.25) is 24.0 Å². The van der Waals surface area contributed by atoms with Crippen LogP contribution in [0.4, 0.5) is 0 Å². The van der Waals surface area contributed by atoms with Crippen LogP contribution < -0.4 is 0 Å². The minimum Gasteiger partial charge on any atom is -0.456 e. The molecule has 1 fully saturated rings. The van der Waals surface area contributed by atoms with Crippen molar-refractivity contribution in [3.63, 3.8) is 0 Å². The molecular weight excluding hydrogens is 400 g/mol. The zero-order chi connectivity index (χ0) is 20.7. The van der Waals surface area contributed by atoms with E-state index in [0.717, 1.165) is 44.3 Å². The number of hydrogen-bond acceptors (Lipinski definition) is 11. The van der Waals surface area contributed by atoms with Crippen molar-refractivity contribution in [3.05, 3.63) is 0 Å². The second-order valence-electron chi connectivity index (χ2n) is 5.68. The molecule has 1 rings (SSSR count). The molecule has 0 aromatic heterocycles. The standard InChI is InChI=1S/C16H22O9S2/c1-7(17)22-13-12(6-26-10(4)20)25-16(27-11(5)21)15(24-9(3)19)14(13)23-8(2)18/h12-16H,6H2,1-5H3. The first kappa shape index (κ1) is 23.4. The highest BCUT2D eigenvalue weighted by molar-refractivity contribution is 8.14. The summed E-state index contributed by atoms with van der Waals surface area (Å²) < 4.78 is 21.6. The van der Waals surface area contributed by atoms with Crippen molar-refractivity contribution in [2.75, 3.05) is 5.75 Å². The van der Waals surface area contributed by atoms with Gasteiger partial charge in [-0.1, -0.05) is 23.5 Å². The molecule has 0 radical (unpaired) electrons. The van der Waals surface area contributed by atoms with E-state index in [9.17, 15) is 24.0 Å². The molecule has 152 valence electrons. The van der Waals surface area contributed by atoms with E-state index >= 15 is 0 Å². The third-order valence-electron chi connectivity index (χ3n) is 3.23. The predicted molar refractivity (Wildman–Crippen MR) is 96.7 cm³/mol. The van der Waals surface area contributed by atoms with Crippen LogP contribution in [-0.2, 0) is 42.9 Å². The fourth-order valence-electron chi connectivity index (χ4n) is 2.45. The number of esters is 3. The first-order chi connectivity index (χ1) is 12.5. The third-order valence-corrected chi connectivity index (χ3v) is 5.08. The van der Waals surface area contributed by atoms with Gasteiger partial charge >= 0.3 is 17.9 Å². The topological polar surface area (TPSA) is 122 Å². The van der Waals surface area contributed by atoms with Gasteiger partial charge in [0.25, 0.3) is 0 Å². The number of thioether (sulfide) groups is 2. The molecule has 0 N–H and O–H groups in total. The first-order valence-corrected chi connectivity index (χ1v) is 9.85. The molecule has 5 atom stereocenters. The lowest BCUT2D eigenvalue weighted by molar-refractivity contribution is -0.228. The van der Waals surface area contributed by atoms with Gasteiger partial charge in [0.1, 0.15) is 6.10 Å². The van der Waals surface area contributed by atoms with Crippen molar-refractivity contribution in [1.29, 1.82) is 0 Å². The summed E-state index contributed by atoms with van der Waals surface area (Å²) >= 11 is 1.68. The summed E-state index contributed by atoms with van der Waals surface area (Å²) in [5.74, 6) is -1.96. The van der Waals surface area contributed by atoms with E-state index in [2.05, 4.69) is 0 Å². The fourth-order valence-corrected chi connectivity index (χ4v) is 3.98. The zero-order valence-electron chi connectivity index (χ0n) is 15.6. The predicted octanol–water partition coefficient (Wildman–Crippen LogP) is 1.07. The minimum atomic E-state index is -1.20. The number of carbonyl (C=O) groups is 5. The molecule has 1 aliphatic rings. The molecule has 0 saturated carbocycles. The summed E-state index contributed by atoms with van der Waals surface area (Å²) in [6.07, 6.45) is -4.36. The molecular formula is C16H22O9S2. The van der Waals surface area contributed by atoms with Crippen molar-refractivity contribution >= 4 is 51.7 Å². The Balaban J connectivity index is 3.29. The smallest absolute Gasteiger partial charge is 0.303 e. The van der Waals surface area contributed by atoms with E-state index in [0.29, 0.717) is 0 Å². The summed E-state index contributed by atoms with van der Waals surface area (Å²) in [5, 5.41) is -0.510. The Labute approximate surface area is 165 Å². The lowest BCUT2D eigenvalue weighted by atomic mass is 10.00.